The Kier molecular flexibility index (Phi) is 6.94. The van der Waals surface area contributed by atoms with Crippen LogP contribution in [0, 0.1) is 5.41 Å². The molecule has 0 aliphatic carbocycles. The number of hydrogen-bond acceptors (Lipinski definition) is 5. The first-order valence-electron chi connectivity index (χ1n) is 11.9. The largest absolute Gasteiger partial charge is 0.437 e. The van der Waals surface area contributed by atoms with Gasteiger partial charge in [0.1, 0.15) is 5.92 Å². The molecular formula is C25H35N5O2. The normalized spacial score (nSPS) is 23.9. The molecule has 1 unspecified atom stereocenters. The van der Waals surface area contributed by atoms with Crippen molar-refractivity contribution in [1.82, 2.24) is 9.88 Å². The summed E-state index contributed by atoms with van der Waals surface area (Å²) in [6.45, 7) is 6.52. The van der Waals surface area contributed by atoms with Gasteiger partial charge in [0.05, 0.1) is 6.20 Å². The number of amidine groups is 1. The summed E-state index contributed by atoms with van der Waals surface area (Å²) in [6.07, 6.45) is 9.15. The van der Waals surface area contributed by atoms with E-state index >= 15 is 0 Å². The fraction of sp³-hybridized carbons (Fsp3) is 0.560. The van der Waals surface area contributed by atoms with E-state index in [-0.39, 0.29) is 17.5 Å². The Morgan fingerprint density at radius 1 is 1.16 bits per heavy atom. The molecule has 1 fully saturated rings. The van der Waals surface area contributed by atoms with Crippen molar-refractivity contribution in [3.05, 3.63) is 47.7 Å². The number of carbonyl (C=O) groups excluding carboxylic acids is 1. The average molecular weight is 438 g/mol. The van der Waals surface area contributed by atoms with Gasteiger partial charge in [-0.15, -0.1) is 0 Å². The standard InChI is InChI=1S/C25H35N5O2/c1-17-9-8-10-18(2)29(17)13-6-3-7-14-30-21-12-5-4-11-19(21)15-20(25(30)31)24-28-16-22(32-24)23(26)27/h4-5,11-12,16-18,20H,3,6-10,13-15H2,1-2H3,(H3,26,27)/t17-,18+,20?. The highest BCUT2D eigenvalue weighted by atomic mass is 16.4. The lowest BCUT2D eigenvalue weighted by Gasteiger charge is -2.39. The quantitative estimate of drug-likeness (QED) is 0.368. The summed E-state index contributed by atoms with van der Waals surface area (Å²) in [5.74, 6) is -0.0965. The number of oxazole rings is 1. The van der Waals surface area contributed by atoms with E-state index < -0.39 is 5.92 Å². The van der Waals surface area contributed by atoms with Gasteiger partial charge in [-0.2, -0.15) is 0 Å². The van der Waals surface area contributed by atoms with Crippen molar-refractivity contribution in [2.24, 2.45) is 5.73 Å². The van der Waals surface area contributed by atoms with Gasteiger partial charge in [0, 0.05) is 24.3 Å². The molecule has 7 nitrogen and oxygen atoms in total. The topological polar surface area (TPSA) is 99.5 Å². The van der Waals surface area contributed by atoms with Crippen LogP contribution in [0.25, 0.3) is 0 Å². The molecule has 172 valence electrons. The number of hydrogen-bond donors (Lipinski definition) is 2. The number of carbonyl (C=O) groups is 1. The zero-order chi connectivity index (χ0) is 22.7. The molecule has 3 atom stereocenters. The summed E-state index contributed by atoms with van der Waals surface area (Å²) < 4.78 is 5.63. The fourth-order valence-corrected chi connectivity index (χ4v) is 5.21. The minimum absolute atomic E-state index is 0.0129. The summed E-state index contributed by atoms with van der Waals surface area (Å²) in [7, 11) is 0. The van der Waals surface area contributed by atoms with Crippen LogP contribution < -0.4 is 10.6 Å². The Labute approximate surface area is 190 Å². The van der Waals surface area contributed by atoms with Crippen LogP contribution in [-0.2, 0) is 11.2 Å². The molecule has 1 aromatic heterocycles. The Bertz CT molecular complexity index is 945. The second-order valence-corrected chi connectivity index (χ2v) is 9.28. The number of benzene rings is 1. The van der Waals surface area contributed by atoms with Crippen molar-refractivity contribution >= 4 is 17.4 Å². The van der Waals surface area contributed by atoms with Crippen LogP contribution in [0.2, 0.25) is 0 Å². The molecule has 2 aliphatic rings. The number of nitrogens with two attached hydrogens (primary N) is 1. The Balaban J connectivity index is 1.39. The molecule has 1 aromatic carbocycles. The summed E-state index contributed by atoms with van der Waals surface area (Å²) in [4.78, 5) is 22.2. The minimum atomic E-state index is -0.479. The number of likely N-dealkylation sites (tertiary alicyclic amines) is 1. The highest BCUT2D eigenvalue weighted by molar-refractivity contribution is 6.00. The van der Waals surface area contributed by atoms with E-state index in [4.69, 9.17) is 15.6 Å². The number of unbranched alkanes of at least 4 members (excludes halogenated alkanes) is 2. The number of nitrogens with zero attached hydrogens (tertiary/aromatic N) is 3. The third kappa shape index (κ3) is 4.72. The second-order valence-electron chi connectivity index (χ2n) is 9.28. The van der Waals surface area contributed by atoms with Crippen molar-refractivity contribution in [2.45, 2.75) is 76.8 Å². The van der Waals surface area contributed by atoms with E-state index in [1.54, 1.807) is 0 Å². The summed E-state index contributed by atoms with van der Waals surface area (Å²) in [6, 6.07) is 9.43. The van der Waals surface area contributed by atoms with Gasteiger partial charge >= 0.3 is 0 Å². The Morgan fingerprint density at radius 2 is 1.88 bits per heavy atom. The molecule has 7 heteroatoms. The van der Waals surface area contributed by atoms with Crippen molar-refractivity contribution in [1.29, 1.82) is 5.41 Å². The molecule has 0 radical (unpaired) electrons. The van der Waals surface area contributed by atoms with Crippen LogP contribution >= 0.6 is 0 Å². The molecule has 3 N–H and O–H groups in total. The second kappa shape index (κ2) is 9.86. The van der Waals surface area contributed by atoms with Crippen molar-refractivity contribution in [3.63, 3.8) is 0 Å². The summed E-state index contributed by atoms with van der Waals surface area (Å²) in [5.41, 5.74) is 7.62. The molecule has 32 heavy (non-hydrogen) atoms. The number of para-hydroxylation sites is 1. The Hall–Kier alpha value is -2.67. The van der Waals surface area contributed by atoms with E-state index in [1.807, 2.05) is 23.1 Å². The lowest BCUT2D eigenvalue weighted by atomic mass is 9.91. The minimum Gasteiger partial charge on any atom is -0.437 e. The predicted molar refractivity (Wildman–Crippen MR) is 126 cm³/mol. The third-order valence-electron chi connectivity index (χ3n) is 7.03. The van der Waals surface area contributed by atoms with Gasteiger partial charge in [0.15, 0.2) is 11.6 Å². The molecule has 3 heterocycles. The first-order chi connectivity index (χ1) is 15.5. The highest BCUT2D eigenvalue weighted by Gasteiger charge is 2.36. The van der Waals surface area contributed by atoms with Crippen LogP contribution in [0.4, 0.5) is 5.69 Å². The van der Waals surface area contributed by atoms with Gasteiger partial charge in [0.25, 0.3) is 0 Å². The van der Waals surface area contributed by atoms with Crippen molar-refractivity contribution < 1.29 is 9.21 Å². The number of anilines is 1. The van der Waals surface area contributed by atoms with E-state index in [0.717, 1.165) is 37.1 Å². The molecule has 1 amide bonds. The predicted octanol–water partition coefficient (Wildman–Crippen LogP) is 4.06. The number of nitrogen functional groups attached to an aromatic ring is 1. The van der Waals surface area contributed by atoms with Crippen LogP contribution in [0.3, 0.4) is 0 Å². The number of rotatable bonds is 8. The summed E-state index contributed by atoms with van der Waals surface area (Å²) >= 11 is 0. The first kappa shape index (κ1) is 22.5. The van der Waals surface area contributed by atoms with Crippen LogP contribution in [-0.4, -0.2) is 46.8 Å². The van der Waals surface area contributed by atoms with E-state index in [9.17, 15) is 4.79 Å². The molecule has 1 saturated heterocycles. The number of piperidine rings is 1. The smallest absolute Gasteiger partial charge is 0.239 e. The van der Waals surface area contributed by atoms with Crippen LogP contribution in [0.1, 0.15) is 75.5 Å². The lowest BCUT2D eigenvalue weighted by Crippen LogP contribution is -2.44. The molecule has 0 spiro atoms. The zero-order valence-electron chi connectivity index (χ0n) is 19.2. The third-order valence-corrected chi connectivity index (χ3v) is 7.03. The van der Waals surface area contributed by atoms with Gasteiger partial charge < -0.3 is 15.1 Å². The molecule has 0 bridgehead atoms. The number of aromatic nitrogens is 1. The van der Waals surface area contributed by atoms with Gasteiger partial charge in [0.2, 0.25) is 11.8 Å². The van der Waals surface area contributed by atoms with Gasteiger partial charge in [-0.05, 0) is 64.1 Å². The van der Waals surface area contributed by atoms with Crippen molar-refractivity contribution in [3.8, 4) is 0 Å². The molecule has 4 rings (SSSR count). The highest BCUT2D eigenvalue weighted by Crippen LogP contribution is 2.35. The average Bonchev–Trinajstić information content (AvgIpc) is 3.27. The molecule has 2 aromatic rings. The van der Waals surface area contributed by atoms with Crippen LogP contribution in [0.15, 0.2) is 34.9 Å². The Morgan fingerprint density at radius 3 is 2.59 bits per heavy atom. The van der Waals surface area contributed by atoms with E-state index in [2.05, 4.69) is 29.8 Å². The lowest BCUT2D eigenvalue weighted by molar-refractivity contribution is -0.120. The van der Waals surface area contributed by atoms with Crippen molar-refractivity contribution in [2.75, 3.05) is 18.0 Å². The number of amides is 1. The number of nitrogens with one attached hydrogen (secondary N) is 1. The maximum Gasteiger partial charge on any atom is 0.239 e. The van der Waals surface area contributed by atoms with Gasteiger partial charge in [-0.3, -0.25) is 15.1 Å². The molecule has 2 aliphatic heterocycles. The van der Waals surface area contributed by atoms with E-state index in [1.165, 1.54) is 25.5 Å². The zero-order valence-corrected chi connectivity index (χ0v) is 19.2. The van der Waals surface area contributed by atoms with Crippen LogP contribution in [0.5, 0.6) is 0 Å². The SMILES string of the molecule is C[C@@H]1CCC[C@H](C)N1CCCCCN1C(=O)C(c2ncc(C(=N)N)o2)Cc2ccccc21. The number of fused-ring (bicyclic) bond motifs is 1. The monoisotopic (exact) mass is 437 g/mol. The van der Waals surface area contributed by atoms with E-state index in [0.29, 0.717) is 30.9 Å². The summed E-state index contributed by atoms with van der Waals surface area (Å²) in [5, 5.41) is 7.54. The molecule has 0 saturated carbocycles. The maximum absolute atomic E-state index is 13.4. The maximum atomic E-state index is 13.4. The van der Waals surface area contributed by atoms with Gasteiger partial charge in [-0.1, -0.05) is 31.0 Å². The van der Waals surface area contributed by atoms with Gasteiger partial charge in [-0.25, -0.2) is 4.98 Å². The fourth-order valence-electron chi connectivity index (χ4n) is 5.21. The molecular weight excluding hydrogens is 402 g/mol. The first-order valence-corrected chi connectivity index (χ1v) is 11.9.